The van der Waals surface area contributed by atoms with Gasteiger partial charge in [0, 0.05) is 6.61 Å². The van der Waals surface area contributed by atoms with E-state index < -0.39 is 6.53 Å². The summed E-state index contributed by atoms with van der Waals surface area (Å²) in [7, 11) is 0. The molecule has 0 heterocycles. The van der Waals surface area contributed by atoms with E-state index in [1.54, 1.807) is 0 Å². The molecule has 0 aliphatic heterocycles. The first kappa shape index (κ1) is 8.27. The van der Waals surface area contributed by atoms with Crippen LogP contribution in [0.25, 0.3) is 0 Å². The smallest absolute Gasteiger partial charge is 0.413 e. The summed E-state index contributed by atoms with van der Waals surface area (Å²) in [5, 5.41) is 8.34. The second-order valence-corrected chi connectivity index (χ2v) is 2.39. The SMILES string of the molecule is CC(C)COB(O)Cl. The van der Waals surface area contributed by atoms with Crippen LogP contribution in [0.15, 0.2) is 0 Å². The fraction of sp³-hybridized carbons (Fsp3) is 1.00. The van der Waals surface area contributed by atoms with Crippen molar-refractivity contribution in [1.82, 2.24) is 0 Å². The Balaban J connectivity index is 2.93. The molecule has 0 aromatic carbocycles. The van der Waals surface area contributed by atoms with E-state index in [9.17, 15) is 0 Å². The lowest BCUT2D eigenvalue weighted by Crippen LogP contribution is -2.13. The van der Waals surface area contributed by atoms with Crippen molar-refractivity contribution in [3.63, 3.8) is 0 Å². The van der Waals surface area contributed by atoms with Crippen molar-refractivity contribution in [3.05, 3.63) is 0 Å². The Labute approximate surface area is 54.9 Å². The van der Waals surface area contributed by atoms with Gasteiger partial charge in [-0.3, -0.25) is 0 Å². The Bertz CT molecular complexity index is 50.0. The third-order valence-electron chi connectivity index (χ3n) is 0.567. The third-order valence-corrected chi connectivity index (χ3v) is 0.693. The van der Waals surface area contributed by atoms with Gasteiger partial charge in [-0.1, -0.05) is 13.8 Å². The van der Waals surface area contributed by atoms with Gasteiger partial charge in [-0.05, 0) is 5.92 Å². The maximum Gasteiger partial charge on any atom is 0.568 e. The molecule has 2 nitrogen and oxygen atoms in total. The van der Waals surface area contributed by atoms with E-state index in [1.807, 2.05) is 13.8 Å². The highest BCUT2D eigenvalue weighted by molar-refractivity contribution is 6.98. The highest BCUT2D eigenvalue weighted by atomic mass is 35.5. The van der Waals surface area contributed by atoms with E-state index in [2.05, 4.69) is 4.65 Å². The first-order chi connectivity index (χ1) is 3.63. The van der Waals surface area contributed by atoms with Gasteiger partial charge in [0.15, 0.2) is 0 Å². The van der Waals surface area contributed by atoms with E-state index in [0.29, 0.717) is 12.5 Å². The van der Waals surface area contributed by atoms with Crippen molar-refractivity contribution in [2.24, 2.45) is 5.92 Å². The molecule has 0 rings (SSSR count). The average Bonchev–Trinajstić information content (AvgIpc) is 1.61. The largest absolute Gasteiger partial charge is 0.568 e. The molecular weight excluding hydrogens is 126 g/mol. The summed E-state index contributed by atoms with van der Waals surface area (Å²) in [6.45, 7) is 3.33. The van der Waals surface area contributed by atoms with Crippen molar-refractivity contribution < 1.29 is 9.68 Å². The summed E-state index contributed by atoms with van der Waals surface area (Å²) in [5.41, 5.74) is 0. The second-order valence-electron chi connectivity index (χ2n) is 2.02. The van der Waals surface area contributed by atoms with Gasteiger partial charge in [-0.2, -0.15) is 0 Å². The summed E-state index contributed by atoms with van der Waals surface area (Å²) in [5.74, 6) is 0.420. The van der Waals surface area contributed by atoms with Crippen molar-refractivity contribution in [1.29, 1.82) is 0 Å². The molecule has 0 saturated heterocycles. The quantitative estimate of drug-likeness (QED) is 0.584. The lowest BCUT2D eigenvalue weighted by Gasteiger charge is -2.03. The number of hydrogen-bond acceptors (Lipinski definition) is 2. The maximum absolute atomic E-state index is 8.34. The van der Waals surface area contributed by atoms with Crippen LogP contribution in [-0.4, -0.2) is 18.2 Å². The van der Waals surface area contributed by atoms with Crippen molar-refractivity contribution in [2.45, 2.75) is 13.8 Å². The molecule has 0 radical (unpaired) electrons. The van der Waals surface area contributed by atoms with E-state index >= 15 is 0 Å². The molecule has 0 aliphatic rings. The normalized spacial score (nSPS) is 10.1. The molecule has 0 spiro atoms. The highest BCUT2D eigenvalue weighted by Crippen LogP contribution is 1.94. The minimum Gasteiger partial charge on any atom is -0.413 e. The molecule has 0 aromatic heterocycles. The summed E-state index contributed by atoms with van der Waals surface area (Å²) >= 11 is 5.06. The van der Waals surface area contributed by atoms with Gasteiger partial charge in [-0.15, -0.1) is 11.5 Å². The van der Waals surface area contributed by atoms with Crippen molar-refractivity contribution >= 4 is 18.0 Å². The lowest BCUT2D eigenvalue weighted by atomic mass is 10.2. The summed E-state index contributed by atoms with van der Waals surface area (Å²) in [6.07, 6.45) is 0. The Hall–Kier alpha value is 0.275. The van der Waals surface area contributed by atoms with Gasteiger partial charge in [-0.25, -0.2) is 0 Å². The molecule has 48 valence electrons. The Morgan fingerprint density at radius 2 is 2.25 bits per heavy atom. The van der Waals surface area contributed by atoms with E-state index in [4.69, 9.17) is 16.5 Å². The second kappa shape index (κ2) is 4.18. The van der Waals surface area contributed by atoms with Crippen molar-refractivity contribution in [2.75, 3.05) is 6.61 Å². The zero-order valence-corrected chi connectivity index (χ0v) is 5.85. The zero-order chi connectivity index (χ0) is 6.57. The first-order valence-electron chi connectivity index (χ1n) is 2.56. The molecule has 1 N–H and O–H groups in total. The summed E-state index contributed by atoms with van der Waals surface area (Å²) < 4.78 is 4.62. The fourth-order valence-corrected chi connectivity index (χ4v) is 0.345. The summed E-state index contributed by atoms with van der Waals surface area (Å²) in [4.78, 5) is 0. The van der Waals surface area contributed by atoms with E-state index in [0.717, 1.165) is 0 Å². The predicted octanol–water partition coefficient (Wildman–Crippen LogP) is 0.875. The van der Waals surface area contributed by atoms with Crippen LogP contribution < -0.4 is 0 Å². The molecule has 0 fully saturated rings. The monoisotopic (exact) mass is 136 g/mol. The van der Waals surface area contributed by atoms with Crippen LogP contribution in [0.3, 0.4) is 0 Å². The van der Waals surface area contributed by atoms with Crippen LogP contribution in [0.2, 0.25) is 0 Å². The molecule has 0 unspecified atom stereocenters. The minimum absolute atomic E-state index is 0.420. The molecule has 0 saturated carbocycles. The highest BCUT2D eigenvalue weighted by Gasteiger charge is 2.06. The minimum atomic E-state index is -1.14. The van der Waals surface area contributed by atoms with E-state index in [1.165, 1.54) is 0 Å². The van der Waals surface area contributed by atoms with E-state index in [-0.39, 0.29) is 0 Å². The predicted molar refractivity (Wildman–Crippen MR) is 34.6 cm³/mol. The molecule has 0 amide bonds. The molecule has 0 bridgehead atoms. The van der Waals surface area contributed by atoms with Gasteiger partial charge in [0.1, 0.15) is 0 Å². The topological polar surface area (TPSA) is 29.5 Å². The van der Waals surface area contributed by atoms with Gasteiger partial charge in [0.2, 0.25) is 0 Å². The Kier molecular flexibility index (Phi) is 4.33. The summed E-state index contributed by atoms with van der Waals surface area (Å²) in [6, 6.07) is 0. The van der Waals surface area contributed by atoms with Crippen LogP contribution in [0.1, 0.15) is 13.8 Å². The Morgan fingerprint density at radius 1 is 1.75 bits per heavy atom. The number of halogens is 1. The third kappa shape index (κ3) is 6.27. The standard InChI is InChI=1S/C4H10BClO2/c1-4(2)3-8-5(6)7/h4,7H,3H2,1-2H3. The molecular formula is C4H10BClO2. The number of rotatable bonds is 3. The van der Waals surface area contributed by atoms with Crippen LogP contribution in [0.4, 0.5) is 0 Å². The van der Waals surface area contributed by atoms with Crippen LogP contribution >= 0.6 is 11.5 Å². The first-order valence-corrected chi connectivity index (χ1v) is 3.00. The lowest BCUT2D eigenvalue weighted by molar-refractivity contribution is 0.239. The molecule has 8 heavy (non-hydrogen) atoms. The molecule has 0 aliphatic carbocycles. The van der Waals surface area contributed by atoms with Crippen LogP contribution in [0.5, 0.6) is 0 Å². The molecule has 0 atom stereocenters. The maximum atomic E-state index is 8.34. The molecule has 4 heteroatoms. The van der Waals surface area contributed by atoms with Crippen molar-refractivity contribution in [3.8, 4) is 0 Å². The molecule has 0 aromatic rings. The fourth-order valence-electron chi connectivity index (χ4n) is 0.272. The average molecular weight is 136 g/mol. The number of hydrogen-bond donors (Lipinski definition) is 1. The Morgan fingerprint density at radius 3 is 2.38 bits per heavy atom. The van der Waals surface area contributed by atoms with Gasteiger partial charge in [0.05, 0.1) is 0 Å². The van der Waals surface area contributed by atoms with Gasteiger partial charge >= 0.3 is 6.53 Å². The zero-order valence-electron chi connectivity index (χ0n) is 5.10. The van der Waals surface area contributed by atoms with Gasteiger partial charge < -0.3 is 9.68 Å². The van der Waals surface area contributed by atoms with Gasteiger partial charge in [0.25, 0.3) is 0 Å². The van der Waals surface area contributed by atoms with Crippen LogP contribution in [-0.2, 0) is 4.65 Å². The van der Waals surface area contributed by atoms with Crippen LogP contribution in [0, 0.1) is 5.92 Å².